The minimum absolute atomic E-state index is 0.547. The van der Waals surface area contributed by atoms with Gasteiger partial charge in [-0.1, -0.05) is 12.1 Å². The Hall–Kier alpha value is -1.46. The third kappa shape index (κ3) is 2.11. The number of carbonyl (C=O) groups is 1. The summed E-state index contributed by atoms with van der Waals surface area (Å²) in [6.07, 6.45) is 0.980. The summed E-state index contributed by atoms with van der Waals surface area (Å²) in [7, 11) is 0. The van der Waals surface area contributed by atoms with E-state index in [0.717, 1.165) is 38.3 Å². The van der Waals surface area contributed by atoms with E-state index in [1.54, 1.807) is 11.5 Å². The first-order valence-corrected chi connectivity index (χ1v) is 6.91. The molecule has 0 atom stereocenters. The highest BCUT2D eigenvalue weighted by atomic mass is 32.1. The van der Waals surface area contributed by atoms with Crippen LogP contribution in [-0.2, 0) is 4.79 Å². The molecule has 0 amide bonds. The summed E-state index contributed by atoms with van der Waals surface area (Å²) in [5, 5.41) is 1.24. The molecule has 0 bridgehead atoms. The molecule has 1 aromatic heterocycles. The fraction of sp³-hybridized carbons (Fsp3) is 0.385. The number of hydrogen-bond acceptors (Lipinski definition) is 5. The van der Waals surface area contributed by atoms with Crippen LogP contribution in [0.15, 0.2) is 24.3 Å². The van der Waals surface area contributed by atoms with Crippen molar-refractivity contribution >= 4 is 33.7 Å². The number of aromatic nitrogens is 1. The van der Waals surface area contributed by atoms with Crippen LogP contribution >= 0.6 is 11.5 Å². The molecule has 4 nitrogen and oxygen atoms in total. The van der Waals surface area contributed by atoms with Crippen molar-refractivity contribution in [2.45, 2.75) is 0 Å². The number of nitrogens with zero attached hydrogens (tertiary/aromatic N) is 3. The molecular weight excluding hydrogens is 246 g/mol. The lowest BCUT2D eigenvalue weighted by molar-refractivity contribution is -0.108. The van der Waals surface area contributed by atoms with Crippen LogP contribution in [0.1, 0.15) is 0 Å². The van der Waals surface area contributed by atoms with Crippen molar-refractivity contribution in [1.82, 2.24) is 9.27 Å². The summed E-state index contributed by atoms with van der Waals surface area (Å²) in [4.78, 5) is 15.0. The van der Waals surface area contributed by atoms with Gasteiger partial charge in [0.15, 0.2) is 0 Å². The van der Waals surface area contributed by atoms with Crippen molar-refractivity contribution in [1.29, 1.82) is 0 Å². The quantitative estimate of drug-likeness (QED) is 0.787. The largest absolute Gasteiger partial charge is 0.353 e. The van der Waals surface area contributed by atoms with Crippen molar-refractivity contribution in [3.05, 3.63) is 24.3 Å². The number of aldehydes is 1. The average Bonchev–Trinajstić information content (AvgIpc) is 2.84. The van der Waals surface area contributed by atoms with E-state index in [0.29, 0.717) is 6.54 Å². The molecule has 0 N–H and O–H groups in total. The van der Waals surface area contributed by atoms with Crippen LogP contribution in [-0.4, -0.2) is 48.3 Å². The van der Waals surface area contributed by atoms with Gasteiger partial charge in [0.1, 0.15) is 12.1 Å². The maximum absolute atomic E-state index is 10.5. The van der Waals surface area contributed by atoms with Gasteiger partial charge in [0, 0.05) is 31.6 Å². The van der Waals surface area contributed by atoms with E-state index in [-0.39, 0.29) is 0 Å². The molecule has 1 saturated heterocycles. The van der Waals surface area contributed by atoms with Gasteiger partial charge in [-0.15, -0.1) is 0 Å². The standard InChI is InChI=1S/C13H15N3OS/c17-10-9-15-5-7-16(8-6-15)13-11-3-1-2-4-12(11)18-14-13/h1-4,10H,5-9H2. The normalized spacial score (nSPS) is 17.2. The summed E-state index contributed by atoms with van der Waals surface area (Å²) < 4.78 is 5.81. The van der Waals surface area contributed by atoms with Crippen molar-refractivity contribution in [3.63, 3.8) is 0 Å². The van der Waals surface area contributed by atoms with Crippen molar-refractivity contribution in [2.75, 3.05) is 37.6 Å². The molecule has 5 heteroatoms. The lowest BCUT2D eigenvalue weighted by atomic mass is 10.2. The summed E-state index contributed by atoms with van der Waals surface area (Å²) >= 11 is 1.56. The van der Waals surface area contributed by atoms with Gasteiger partial charge in [-0.05, 0) is 23.7 Å². The number of piperazine rings is 1. The molecule has 1 fully saturated rings. The van der Waals surface area contributed by atoms with Gasteiger partial charge in [-0.25, -0.2) is 0 Å². The van der Waals surface area contributed by atoms with Crippen molar-refractivity contribution < 1.29 is 4.79 Å². The van der Waals surface area contributed by atoms with Crippen molar-refractivity contribution in [3.8, 4) is 0 Å². The topological polar surface area (TPSA) is 36.4 Å². The van der Waals surface area contributed by atoms with Crippen LogP contribution in [0.5, 0.6) is 0 Å². The smallest absolute Gasteiger partial charge is 0.150 e. The SMILES string of the molecule is O=CCN1CCN(c2nsc3ccccc23)CC1. The molecule has 18 heavy (non-hydrogen) atoms. The highest BCUT2D eigenvalue weighted by molar-refractivity contribution is 7.13. The van der Waals surface area contributed by atoms with Crippen LogP contribution in [0.4, 0.5) is 5.82 Å². The number of hydrogen-bond donors (Lipinski definition) is 0. The maximum atomic E-state index is 10.5. The van der Waals surface area contributed by atoms with E-state index in [1.165, 1.54) is 10.1 Å². The van der Waals surface area contributed by atoms with E-state index in [1.807, 2.05) is 6.07 Å². The van der Waals surface area contributed by atoms with Crippen LogP contribution < -0.4 is 4.90 Å². The summed E-state index contributed by atoms with van der Waals surface area (Å²) in [5.41, 5.74) is 0. The second-order valence-electron chi connectivity index (χ2n) is 4.46. The van der Waals surface area contributed by atoms with Gasteiger partial charge in [0.2, 0.25) is 0 Å². The Kier molecular flexibility index (Phi) is 3.25. The van der Waals surface area contributed by atoms with E-state index in [4.69, 9.17) is 0 Å². The molecule has 1 aliphatic heterocycles. The number of anilines is 1. The van der Waals surface area contributed by atoms with Gasteiger partial charge in [0.25, 0.3) is 0 Å². The second kappa shape index (κ2) is 5.04. The van der Waals surface area contributed by atoms with E-state index < -0.39 is 0 Å². The minimum Gasteiger partial charge on any atom is -0.353 e. The fourth-order valence-electron chi connectivity index (χ4n) is 2.35. The molecule has 1 aliphatic rings. The lowest BCUT2D eigenvalue weighted by Gasteiger charge is -2.33. The Balaban J connectivity index is 1.78. The molecule has 0 aliphatic carbocycles. The Morgan fingerprint density at radius 3 is 2.78 bits per heavy atom. The molecule has 2 aromatic rings. The van der Waals surface area contributed by atoms with E-state index in [2.05, 4.69) is 32.4 Å². The number of benzene rings is 1. The Morgan fingerprint density at radius 1 is 1.22 bits per heavy atom. The molecule has 0 saturated carbocycles. The van der Waals surface area contributed by atoms with Gasteiger partial charge < -0.3 is 9.69 Å². The molecule has 0 unspecified atom stereocenters. The van der Waals surface area contributed by atoms with Gasteiger partial charge in [0.05, 0.1) is 11.2 Å². The van der Waals surface area contributed by atoms with Crippen LogP contribution in [0.3, 0.4) is 0 Å². The fourth-order valence-corrected chi connectivity index (χ4v) is 3.14. The lowest BCUT2D eigenvalue weighted by Crippen LogP contribution is -2.47. The Labute approximate surface area is 110 Å². The predicted octanol–water partition coefficient (Wildman–Crippen LogP) is 1.62. The first-order valence-electron chi connectivity index (χ1n) is 6.14. The average molecular weight is 261 g/mol. The van der Waals surface area contributed by atoms with Gasteiger partial charge in [-0.3, -0.25) is 4.90 Å². The minimum atomic E-state index is 0.547. The van der Waals surface area contributed by atoms with Crippen LogP contribution in [0.25, 0.3) is 10.1 Å². The Bertz CT molecular complexity index is 546. The summed E-state index contributed by atoms with van der Waals surface area (Å²) in [6, 6.07) is 8.35. The third-order valence-electron chi connectivity index (χ3n) is 3.36. The van der Waals surface area contributed by atoms with Gasteiger partial charge in [-0.2, -0.15) is 4.37 Å². The zero-order chi connectivity index (χ0) is 12.4. The highest BCUT2D eigenvalue weighted by Gasteiger charge is 2.19. The van der Waals surface area contributed by atoms with Crippen LogP contribution in [0.2, 0.25) is 0 Å². The molecule has 3 rings (SSSR count). The maximum Gasteiger partial charge on any atom is 0.150 e. The first kappa shape index (κ1) is 11.6. The van der Waals surface area contributed by atoms with Gasteiger partial charge >= 0.3 is 0 Å². The van der Waals surface area contributed by atoms with E-state index >= 15 is 0 Å². The summed E-state index contributed by atoms with van der Waals surface area (Å²) in [6.45, 7) is 4.31. The zero-order valence-electron chi connectivity index (χ0n) is 10.1. The molecule has 1 aromatic carbocycles. The number of carbonyl (C=O) groups excluding carboxylic acids is 1. The monoisotopic (exact) mass is 261 g/mol. The summed E-state index contributed by atoms with van der Waals surface area (Å²) in [5.74, 6) is 1.10. The molecule has 2 heterocycles. The molecule has 94 valence electrons. The first-order chi connectivity index (χ1) is 8.88. The highest BCUT2D eigenvalue weighted by Crippen LogP contribution is 2.29. The number of rotatable bonds is 3. The predicted molar refractivity (Wildman–Crippen MR) is 74.3 cm³/mol. The van der Waals surface area contributed by atoms with E-state index in [9.17, 15) is 4.79 Å². The third-order valence-corrected chi connectivity index (χ3v) is 4.18. The van der Waals surface area contributed by atoms with Crippen molar-refractivity contribution in [2.24, 2.45) is 0 Å². The molecular formula is C13H15N3OS. The number of fused-ring (bicyclic) bond motifs is 1. The molecule has 0 spiro atoms. The molecule has 0 radical (unpaired) electrons. The zero-order valence-corrected chi connectivity index (χ0v) is 10.9. The second-order valence-corrected chi connectivity index (χ2v) is 5.26. The van der Waals surface area contributed by atoms with Crippen LogP contribution in [0, 0.1) is 0 Å². The Morgan fingerprint density at radius 2 is 2.00 bits per heavy atom.